The van der Waals surface area contributed by atoms with Crippen molar-refractivity contribution in [2.45, 2.75) is 64.6 Å². The van der Waals surface area contributed by atoms with Gasteiger partial charge in [-0.05, 0) is 46.5 Å². The van der Waals surface area contributed by atoms with Gasteiger partial charge in [-0.25, -0.2) is 0 Å². The van der Waals surface area contributed by atoms with E-state index in [0.29, 0.717) is 18.2 Å². The van der Waals surface area contributed by atoms with Crippen LogP contribution in [0.2, 0.25) is 0 Å². The third kappa shape index (κ3) is 5.83. The Morgan fingerprint density at radius 3 is 2.81 bits per heavy atom. The maximum Gasteiger partial charge on any atom is 0.0616 e. The largest absolute Gasteiger partial charge is 0.380 e. The molecule has 3 atom stereocenters. The zero-order chi connectivity index (χ0) is 11.8. The standard InChI is InChI=1S/C13H27NO2/c1-4-15-10-12(3)14-11(2)7-8-13-6-5-9-16-13/h11-14H,4-10H2,1-3H3. The first-order valence-corrected chi connectivity index (χ1v) is 6.67. The average molecular weight is 229 g/mol. The first-order chi connectivity index (χ1) is 7.72. The third-order valence-electron chi connectivity index (χ3n) is 3.09. The molecule has 0 aromatic rings. The summed E-state index contributed by atoms with van der Waals surface area (Å²) in [4.78, 5) is 0. The highest BCUT2D eigenvalue weighted by atomic mass is 16.5. The number of nitrogens with one attached hydrogen (secondary N) is 1. The van der Waals surface area contributed by atoms with E-state index in [1.165, 1.54) is 25.7 Å². The van der Waals surface area contributed by atoms with E-state index in [4.69, 9.17) is 9.47 Å². The fraction of sp³-hybridized carbons (Fsp3) is 1.00. The fourth-order valence-corrected chi connectivity index (χ4v) is 2.22. The quantitative estimate of drug-likeness (QED) is 0.693. The lowest BCUT2D eigenvalue weighted by atomic mass is 10.1. The summed E-state index contributed by atoms with van der Waals surface area (Å²) in [5.41, 5.74) is 0. The summed E-state index contributed by atoms with van der Waals surface area (Å²) in [6.07, 6.45) is 5.40. The Labute approximate surface area is 99.9 Å². The lowest BCUT2D eigenvalue weighted by molar-refractivity contribution is 0.0970. The van der Waals surface area contributed by atoms with Crippen molar-refractivity contribution in [1.82, 2.24) is 5.32 Å². The van der Waals surface area contributed by atoms with Crippen molar-refractivity contribution in [3.63, 3.8) is 0 Å². The van der Waals surface area contributed by atoms with Crippen LogP contribution < -0.4 is 5.32 Å². The minimum Gasteiger partial charge on any atom is -0.380 e. The van der Waals surface area contributed by atoms with Gasteiger partial charge in [0.25, 0.3) is 0 Å². The third-order valence-corrected chi connectivity index (χ3v) is 3.09. The summed E-state index contributed by atoms with van der Waals surface area (Å²) in [5, 5.41) is 3.56. The van der Waals surface area contributed by atoms with Gasteiger partial charge in [-0.3, -0.25) is 0 Å². The van der Waals surface area contributed by atoms with Gasteiger partial charge in [-0.2, -0.15) is 0 Å². The van der Waals surface area contributed by atoms with Crippen LogP contribution in [0, 0.1) is 0 Å². The lowest BCUT2D eigenvalue weighted by Gasteiger charge is -2.21. The Bertz CT molecular complexity index is 169. The molecular formula is C13H27NO2. The van der Waals surface area contributed by atoms with Gasteiger partial charge in [0.1, 0.15) is 0 Å². The van der Waals surface area contributed by atoms with E-state index in [1.807, 2.05) is 6.92 Å². The molecule has 0 radical (unpaired) electrons. The van der Waals surface area contributed by atoms with Gasteiger partial charge in [-0.15, -0.1) is 0 Å². The number of ether oxygens (including phenoxy) is 2. The van der Waals surface area contributed by atoms with E-state index in [1.54, 1.807) is 0 Å². The van der Waals surface area contributed by atoms with Crippen molar-refractivity contribution in [3.8, 4) is 0 Å². The van der Waals surface area contributed by atoms with E-state index >= 15 is 0 Å². The topological polar surface area (TPSA) is 30.5 Å². The maximum atomic E-state index is 5.62. The molecule has 0 aromatic heterocycles. The highest BCUT2D eigenvalue weighted by Gasteiger charge is 2.16. The second-order valence-corrected chi connectivity index (χ2v) is 4.84. The van der Waals surface area contributed by atoms with Gasteiger partial charge in [0.15, 0.2) is 0 Å². The molecule has 1 rings (SSSR count). The van der Waals surface area contributed by atoms with Crippen LogP contribution in [-0.4, -0.2) is 38.0 Å². The molecular weight excluding hydrogens is 202 g/mol. The highest BCUT2D eigenvalue weighted by molar-refractivity contribution is 4.71. The Balaban J connectivity index is 2.02. The van der Waals surface area contributed by atoms with Crippen LogP contribution in [0.4, 0.5) is 0 Å². The van der Waals surface area contributed by atoms with Crippen molar-refractivity contribution in [2.24, 2.45) is 0 Å². The summed E-state index contributed by atoms with van der Waals surface area (Å²) in [7, 11) is 0. The first-order valence-electron chi connectivity index (χ1n) is 6.67. The SMILES string of the molecule is CCOCC(C)NC(C)CCC1CCCO1. The monoisotopic (exact) mass is 229 g/mol. The molecule has 0 aliphatic carbocycles. The van der Waals surface area contributed by atoms with Crippen LogP contribution >= 0.6 is 0 Å². The Hall–Kier alpha value is -0.120. The fourth-order valence-electron chi connectivity index (χ4n) is 2.22. The van der Waals surface area contributed by atoms with Crippen LogP contribution in [0.15, 0.2) is 0 Å². The van der Waals surface area contributed by atoms with Gasteiger partial charge in [0, 0.05) is 25.3 Å². The molecule has 1 heterocycles. The first kappa shape index (κ1) is 13.9. The summed E-state index contributed by atoms with van der Waals surface area (Å²) >= 11 is 0. The van der Waals surface area contributed by atoms with Gasteiger partial charge >= 0.3 is 0 Å². The Morgan fingerprint density at radius 2 is 2.19 bits per heavy atom. The van der Waals surface area contributed by atoms with Crippen LogP contribution in [0.1, 0.15) is 46.5 Å². The average Bonchev–Trinajstić information content (AvgIpc) is 2.76. The molecule has 16 heavy (non-hydrogen) atoms. The summed E-state index contributed by atoms with van der Waals surface area (Å²) in [6, 6.07) is 0.999. The molecule has 1 fully saturated rings. The molecule has 0 aromatic carbocycles. The number of rotatable bonds is 8. The molecule has 3 heteroatoms. The Kier molecular flexibility index (Phi) is 7.01. The van der Waals surface area contributed by atoms with Crippen LogP contribution in [0.3, 0.4) is 0 Å². The van der Waals surface area contributed by atoms with Crippen molar-refractivity contribution in [1.29, 1.82) is 0 Å². The summed E-state index contributed by atoms with van der Waals surface area (Å²) < 4.78 is 11.0. The number of hydrogen-bond donors (Lipinski definition) is 1. The molecule has 0 spiro atoms. The second-order valence-electron chi connectivity index (χ2n) is 4.84. The van der Waals surface area contributed by atoms with Gasteiger partial charge in [0.05, 0.1) is 12.7 Å². The molecule has 0 amide bonds. The van der Waals surface area contributed by atoms with Crippen molar-refractivity contribution < 1.29 is 9.47 Å². The summed E-state index contributed by atoms with van der Waals surface area (Å²) in [5.74, 6) is 0. The van der Waals surface area contributed by atoms with E-state index in [0.717, 1.165) is 19.8 Å². The van der Waals surface area contributed by atoms with Crippen LogP contribution in [0.5, 0.6) is 0 Å². The van der Waals surface area contributed by atoms with E-state index in [2.05, 4.69) is 19.2 Å². The molecule has 1 aliphatic heterocycles. The van der Waals surface area contributed by atoms with Crippen LogP contribution in [-0.2, 0) is 9.47 Å². The van der Waals surface area contributed by atoms with Gasteiger partial charge < -0.3 is 14.8 Å². The van der Waals surface area contributed by atoms with Crippen molar-refractivity contribution >= 4 is 0 Å². The minimum absolute atomic E-state index is 0.444. The highest BCUT2D eigenvalue weighted by Crippen LogP contribution is 2.17. The van der Waals surface area contributed by atoms with E-state index in [9.17, 15) is 0 Å². The zero-order valence-corrected chi connectivity index (χ0v) is 11.0. The van der Waals surface area contributed by atoms with Gasteiger partial charge in [-0.1, -0.05) is 0 Å². The van der Waals surface area contributed by atoms with Crippen molar-refractivity contribution in [2.75, 3.05) is 19.8 Å². The number of hydrogen-bond acceptors (Lipinski definition) is 3. The van der Waals surface area contributed by atoms with E-state index in [-0.39, 0.29) is 0 Å². The maximum absolute atomic E-state index is 5.62. The van der Waals surface area contributed by atoms with Crippen molar-refractivity contribution in [3.05, 3.63) is 0 Å². The molecule has 96 valence electrons. The predicted octanol–water partition coefficient (Wildman–Crippen LogP) is 2.35. The second kappa shape index (κ2) is 8.04. The molecule has 3 unspecified atom stereocenters. The normalized spacial score (nSPS) is 24.6. The minimum atomic E-state index is 0.444. The van der Waals surface area contributed by atoms with Crippen LogP contribution in [0.25, 0.3) is 0 Å². The smallest absolute Gasteiger partial charge is 0.0616 e. The summed E-state index contributed by atoms with van der Waals surface area (Å²) in [6.45, 7) is 9.04. The zero-order valence-electron chi connectivity index (χ0n) is 11.0. The molecule has 1 aliphatic rings. The van der Waals surface area contributed by atoms with E-state index < -0.39 is 0 Å². The molecule has 0 saturated carbocycles. The molecule has 0 bridgehead atoms. The Morgan fingerprint density at radius 1 is 1.38 bits per heavy atom. The molecule has 1 N–H and O–H groups in total. The molecule has 1 saturated heterocycles. The predicted molar refractivity (Wildman–Crippen MR) is 66.8 cm³/mol. The van der Waals surface area contributed by atoms with Gasteiger partial charge in [0.2, 0.25) is 0 Å². The molecule has 3 nitrogen and oxygen atoms in total. The lowest BCUT2D eigenvalue weighted by Crippen LogP contribution is -2.37.